The Hall–Kier alpha value is -0.550. The highest BCUT2D eigenvalue weighted by atomic mass is 32.2. The van der Waals surface area contributed by atoms with Gasteiger partial charge in [0.2, 0.25) is 0 Å². The van der Waals surface area contributed by atoms with Crippen LogP contribution in [0.3, 0.4) is 0 Å². The molecule has 0 amide bonds. The van der Waals surface area contributed by atoms with Gasteiger partial charge in [-0.15, -0.1) is 0 Å². The van der Waals surface area contributed by atoms with Crippen LogP contribution < -0.4 is 5.73 Å². The molecule has 3 N–H and O–H groups in total. The molecule has 14 heavy (non-hydrogen) atoms. The first-order valence-corrected chi connectivity index (χ1v) is 6.24. The number of hydrogen-bond donors (Lipinski definition) is 2. The Labute approximate surface area is 88.1 Å². The summed E-state index contributed by atoms with van der Waals surface area (Å²) >= 11 is 1.99. The average Bonchev–Trinajstić information content (AvgIpc) is 2.85. The van der Waals surface area contributed by atoms with Crippen LogP contribution in [0, 0.1) is 0 Å². The van der Waals surface area contributed by atoms with E-state index in [4.69, 9.17) is 5.73 Å². The standard InChI is InChI=1S/C9H16N4S/c10-4-1-2-8-11-9(13-12-8)7-3-5-14-6-7/h7H,1-6,10H2,(H,11,12,13). The molecule has 1 saturated heterocycles. The number of nitrogens with one attached hydrogen (secondary N) is 1. The van der Waals surface area contributed by atoms with Gasteiger partial charge in [0, 0.05) is 18.1 Å². The van der Waals surface area contributed by atoms with E-state index in [9.17, 15) is 0 Å². The minimum atomic E-state index is 0.572. The molecule has 1 aliphatic heterocycles. The zero-order chi connectivity index (χ0) is 9.80. The number of rotatable bonds is 4. The van der Waals surface area contributed by atoms with E-state index < -0.39 is 0 Å². The average molecular weight is 212 g/mol. The molecular weight excluding hydrogens is 196 g/mol. The minimum Gasteiger partial charge on any atom is -0.330 e. The third-order valence-electron chi connectivity index (χ3n) is 2.46. The van der Waals surface area contributed by atoms with Crippen molar-refractivity contribution in [2.45, 2.75) is 25.2 Å². The SMILES string of the molecule is NCCCc1nc(C2CCSC2)n[nH]1. The molecule has 1 aromatic rings. The highest BCUT2D eigenvalue weighted by molar-refractivity contribution is 7.99. The Balaban J connectivity index is 1.94. The second-order valence-corrected chi connectivity index (χ2v) is 4.74. The first-order valence-electron chi connectivity index (χ1n) is 5.09. The van der Waals surface area contributed by atoms with Crippen molar-refractivity contribution in [2.75, 3.05) is 18.1 Å². The number of thioether (sulfide) groups is 1. The molecule has 0 spiro atoms. The van der Waals surface area contributed by atoms with E-state index in [0.29, 0.717) is 5.92 Å². The third-order valence-corrected chi connectivity index (χ3v) is 3.62. The lowest BCUT2D eigenvalue weighted by Crippen LogP contribution is -2.02. The van der Waals surface area contributed by atoms with E-state index >= 15 is 0 Å². The predicted molar refractivity (Wildman–Crippen MR) is 58.4 cm³/mol. The van der Waals surface area contributed by atoms with Gasteiger partial charge in [-0.1, -0.05) is 0 Å². The highest BCUT2D eigenvalue weighted by Gasteiger charge is 2.21. The first kappa shape index (κ1) is 9.98. The lowest BCUT2D eigenvalue weighted by molar-refractivity contribution is 0.720. The van der Waals surface area contributed by atoms with E-state index in [1.165, 1.54) is 17.9 Å². The summed E-state index contributed by atoms with van der Waals surface area (Å²) in [5.74, 6) is 4.98. The molecule has 1 aliphatic rings. The molecule has 2 heterocycles. The maximum atomic E-state index is 5.44. The fourth-order valence-electron chi connectivity index (χ4n) is 1.61. The number of nitrogens with two attached hydrogens (primary N) is 1. The molecule has 1 fully saturated rings. The van der Waals surface area contributed by atoms with Crippen LogP contribution in [0.1, 0.15) is 30.4 Å². The van der Waals surface area contributed by atoms with Crippen LogP contribution in [0.15, 0.2) is 0 Å². The van der Waals surface area contributed by atoms with Crippen molar-refractivity contribution in [3.8, 4) is 0 Å². The summed E-state index contributed by atoms with van der Waals surface area (Å²) in [6, 6.07) is 0. The van der Waals surface area contributed by atoms with Gasteiger partial charge < -0.3 is 5.73 Å². The monoisotopic (exact) mass is 212 g/mol. The first-order chi connectivity index (χ1) is 6.90. The van der Waals surface area contributed by atoms with Gasteiger partial charge in [-0.3, -0.25) is 5.10 Å². The van der Waals surface area contributed by atoms with Gasteiger partial charge >= 0.3 is 0 Å². The summed E-state index contributed by atoms with van der Waals surface area (Å²) in [5.41, 5.74) is 5.44. The van der Waals surface area contributed by atoms with E-state index in [1.807, 2.05) is 11.8 Å². The quantitative estimate of drug-likeness (QED) is 0.778. The number of aryl methyl sites for hydroxylation is 1. The molecule has 0 aromatic carbocycles. The highest BCUT2D eigenvalue weighted by Crippen LogP contribution is 2.30. The predicted octanol–water partition coefficient (Wildman–Crippen LogP) is 0.917. The van der Waals surface area contributed by atoms with Gasteiger partial charge in [0.25, 0.3) is 0 Å². The Morgan fingerprint density at radius 1 is 1.57 bits per heavy atom. The van der Waals surface area contributed by atoms with Crippen molar-refractivity contribution in [2.24, 2.45) is 5.73 Å². The van der Waals surface area contributed by atoms with E-state index in [0.717, 1.165) is 31.0 Å². The van der Waals surface area contributed by atoms with E-state index in [1.54, 1.807) is 0 Å². The normalized spacial score (nSPS) is 21.6. The molecule has 1 atom stereocenters. The third kappa shape index (κ3) is 2.27. The Kier molecular flexibility index (Phi) is 3.42. The van der Waals surface area contributed by atoms with Crippen LogP contribution in [0.5, 0.6) is 0 Å². The summed E-state index contributed by atoms with van der Waals surface area (Å²) in [6.07, 6.45) is 3.12. The topological polar surface area (TPSA) is 67.6 Å². The van der Waals surface area contributed by atoms with Crippen LogP contribution in [0.2, 0.25) is 0 Å². The van der Waals surface area contributed by atoms with Gasteiger partial charge in [-0.05, 0) is 25.1 Å². The van der Waals surface area contributed by atoms with E-state index in [-0.39, 0.29) is 0 Å². The fraction of sp³-hybridized carbons (Fsp3) is 0.778. The lowest BCUT2D eigenvalue weighted by atomic mass is 10.1. The maximum Gasteiger partial charge on any atom is 0.154 e. The van der Waals surface area contributed by atoms with Crippen LogP contribution in [0.25, 0.3) is 0 Å². The fourth-order valence-corrected chi connectivity index (χ4v) is 2.83. The molecular formula is C9H16N4S. The largest absolute Gasteiger partial charge is 0.330 e. The molecule has 1 unspecified atom stereocenters. The lowest BCUT2D eigenvalue weighted by Gasteiger charge is -1.99. The minimum absolute atomic E-state index is 0.572. The summed E-state index contributed by atoms with van der Waals surface area (Å²) in [4.78, 5) is 4.49. The van der Waals surface area contributed by atoms with Crippen molar-refractivity contribution < 1.29 is 0 Å². The molecule has 5 heteroatoms. The second-order valence-electron chi connectivity index (χ2n) is 3.59. The number of H-pyrrole nitrogens is 1. The summed E-state index contributed by atoms with van der Waals surface area (Å²) in [6.45, 7) is 0.718. The van der Waals surface area contributed by atoms with Crippen molar-refractivity contribution in [3.05, 3.63) is 11.6 Å². The zero-order valence-electron chi connectivity index (χ0n) is 8.20. The molecule has 0 radical (unpaired) electrons. The molecule has 78 valence electrons. The summed E-state index contributed by atoms with van der Waals surface area (Å²) in [5, 5.41) is 7.25. The Morgan fingerprint density at radius 3 is 3.21 bits per heavy atom. The summed E-state index contributed by atoms with van der Waals surface area (Å²) < 4.78 is 0. The van der Waals surface area contributed by atoms with Crippen LogP contribution in [-0.2, 0) is 6.42 Å². The van der Waals surface area contributed by atoms with E-state index in [2.05, 4.69) is 15.2 Å². The van der Waals surface area contributed by atoms with Gasteiger partial charge in [0.1, 0.15) is 5.82 Å². The Bertz CT molecular complexity index is 280. The maximum absolute atomic E-state index is 5.44. The van der Waals surface area contributed by atoms with Crippen LogP contribution >= 0.6 is 11.8 Å². The smallest absolute Gasteiger partial charge is 0.154 e. The van der Waals surface area contributed by atoms with Crippen LogP contribution in [-0.4, -0.2) is 33.2 Å². The van der Waals surface area contributed by atoms with Crippen LogP contribution in [0.4, 0.5) is 0 Å². The van der Waals surface area contributed by atoms with Crippen molar-refractivity contribution >= 4 is 11.8 Å². The number of nitrogens with zero attached hydrogens (tertiary/aromatic N) is 2. The molecule has 0 aliphatic carbocycles. The van der Waals surface area contributed by atoms with Crippen molar-refractivity contribution in [3.63, 3.8) is 0 Å². The number of aromatic amines is 1. The molecule has 0 saturated carbocycles. The van der Waals surface area contributed by atoms with Crippen molar-refractivity contribution in [1.82, 2.24) is 15.2 Å². The molecule has 2 rings (SSSR count). The van der Waals surface area contributed by atoms with Crippen molar-refractivity contribution in [1.29, 1.82) is 0 Å². The van der Waals surface area contributed by atoms with Gasteiger partial charge in [0.05, 0.1) is 0 Å². The molecule has 0 bridgehead atoms. The molecule has 4 nitrogen and oxygen atoms in total. The number of aromatic nitrogens is 3. The summed E-state index contributed by atoms with van der Waals surface area (Å²) in [7, 11) is 0. The zero-order valence-corrected chi connectivity index (χ0v) is 9.02. The van der Waals surface area contributed by atoms with Gasteiger partial charge in [-0.2, -0.15) is 16.9 Å². The molecule has 1 aromatic heterocycles. The van der Waals surface area contributed by atoms with Gasteiger partial charge in [0.15, 0.2) is 5.82 Å². The second kappa shape index (κ2) is 4.79. The van der Waals surface area contributed by atoms with Gasteiger partial charge in [-0.25, -0.2) is 4.98 Å². The Morgan fingerprint density at radius 2 is 2.50 bits per heavy atom. The number of hydrogen-bond acceptors (Lipinski definition) is 4.